The number of aliphatic hydroxyl groups is 1. The predicted molar refractivity (Wildman–Crippen MR) is 76.4 cm³/mol. The summed E-state index contributed by atoms with van der Waals surface area (Å²) in [5, 5.41) is 8.88. The molecule has 0 unspecified atom stereocenters. The number of carbonyl (C=O) groups excluding carboxylic acids is 1. The third-order valence-corrected chi connectivity index (χ3v) is 3.51. The molecule has 1 aliphatic rings. The third-order valence-electron chi connectivity index (χ3n) is 3.51. The van der Waals surface area contributed by atoms with Gasteiger partial charge in [-0.1, -0.05) is 12.1 Å². The van der Waals surface area contributed by atoms with Gasteiger partial charge in [0.2, 0.25) is 0 Å². The monoisotopic (exact) mass is 262 g/mol. The number of amides is 2. The van der Waals surface area contributed by atoms with Gasteiger partial charge in [0, 0.05) is 31.4 Å². The van der Waals surface area contributed by atoms with E-state index in [4.69, 9.17) is 5.11 Å². The van der Waals surface area contributed by atoms with Gasteiger partial charge in [0.25, 0.3) is 0 Å². The number of aliphatic hydroxyl groups excluding tert-OH is 1. The maximum Gasteiger partial charge on any atom is 0.324 e. The lowest BCUT2D eigenvalue weighted by Crippen LogP contribution is -2.36. The van der Waals surface area contributed by atoms with Crippen LogP contribution >= 0.6 is 0 Å². The molecule has 1 heterocycles. The van der Waals surface area contributed by atoms with Gasteiger partial charge < -0.3 is 10.0 Å². The molecule has 0 saturated carbocycles. The van der Waals surface area contributed by atoms with Crippen LogP contribution in [-0.4, -0.2) is 41.8 Å². The second kappa shape index (κ2) is 6.06. The average molecular weight is 262 g/mol. The van der Waals surface area contributed by atoms with E-state index in [0.717, 1.165) is 31.6 Å². The Morgan fingerprint density at radius 1 is 1.32 bits per heavy atom. The first-order valence-electron chi connectivity index (χ1n) is 6.91. The molecule has 0 aliphatic carbocycles. The normalized spacial score (nSPS) is 15.7. The molecule has 1 aromatic rings. The Kier molecular flexibility index (Phi) is 4.43. The van der Waals surface area contributed by atoms with Crippen LogP contribution in [0.15, 0.2) is 24.3 Å². The van der Waals surface area contributed by atoms with Crippen molar-refractivity contribution in [2.45, 2.75) is 32.7 Å². The number of hydrogen-bond acceptors (Lipinski definition) is 2. The molecule has 104 valence electrons. The lowest BCUT2D eigenvalue weighted by Gasteiger charge is -2.22. The lowest BCUT2D eigenvalue weighted by molar-refractivity contribution is 0.209. The molecule has 4 nitrogen and oxygen atoms in total. The quantitative estimate of drug-likeness (QED) is 0.884. The van der Waals surface area contributed by atoms with Crippen LogP contribution in [0.2, 0.25) is 0 Å². The van der Waals surface area contributed by atoms with Crippen molar-refractivity contribution in [3.05, 3.63) is 29.8 Å². The van der Waals surface area contributed by atoms with Gasteiger partial charge in [-0.25, -0.2) is 4.79 Å². The van der Waals surface area contributed by atoms with Crippen LogP contribution in [0.5, 0.6) is 0 Å². The molecule has 0 radical (unpaired) electrons. The summed E-state index contributed by atoms with van der Waals surface area (Å²) in [6.45, 7) is 5.82. The fraction of sp³-hybridized carbons (Fsp3) is 0.533. The second-order valence-corrected chi connectivity index (χ2v) is 5.22. The molecule has 2 amide bonds. The molecule has 19 heavy (non-hydrogen) atoms. The van der Waals surface area contributed by atoms with Gasteiger partial charge in [0.15, 0.2) is 0 Å². The van der Waals surface area contributed by atoms with E-state index in [1.54, 1.807) is 0 Å². The highest BCUT2D eigenvalue weighted by Gasteiger charge is 2.30. The Labute approximate surface area is 114 Å². The van der Waals surface area contributed by atoms with Crippen molar-refractivity contribution in [1.82, 2.24) is 4.90 Å². The van der Waals surface area contributed by atoms with Crippen molar-refractivity contribution in [3.63, 3.8) is 0 Å². The zero-order valence-electron chi connectivity index (χ0n) is 11.7. The van der Waals surface area contributed by atoms with Gasteiger partial charge in [0.1, 0.15) is 0 Å². The third kappa shape index (κ3) is 3.07. The van der Waals surface area contributed by atoms with Gasteiger partial charge in [-0.15, -0.1) is 0 Å². The molecule has 1 N–H and O–H groups in total. The van der Waals surface area contributed by atoms with Gasteiger partial charge in [-0.05, 0) is 44.4 Å². The summed E-state index contributed by atoms with van der Waals surface area (Å²) in [7, 11) is 0. The summed E-state index contributed by atoms with van der Waals surface area (Å²) in [5.41, 5.74) is 2.13. The number of rotatable bonds is 5. The Balaban J connectivity index is 2.12. The Morgan fingerprint density at radius 3 is 2.74 bits per heavy atom. The molecular formula is C15H22N2O2. The maximum absolute atomic E-state index is 12.3. The molecule has 1 saturated heterocycles. The second-order valence-electron chi connectivity index (χ2n) is 5.22. The topological polar surface area (TPSA) is 43.8 Å². The van der Waals surface area contributed by atoms with Crippen molar-refractivity contribution in [1.29, 1.82) is 0 Å². The Morgan fingerprint density at radius 2 is 2.11 bits per heavy atom. The minimum atomic E-state index is 0.0920. The van der Waals surface area contributed by atoms with Crippen LogP contribution in [0.25, 0.3) is 0 Å². The number of aryl methyl sites for hydroxylation is 1. The Bertz CT molecular complexity index is 446. The van der Waals surface area contributed by atoms with Crippen LogP contribution in [-0.2, 0) is 6.42 Å². The molecule has 0 aromatic heterocycles. The van der Waals surface area contributed by atoms with Crippen molar-refractivity contribution in [2.24, 2.45) is 0 Å². The van der Waals surface area contributed by atoms with E-state index < -0.39 is 0 Å². The van der Waals surface area contributed by atoms with Gasteiger partial charge in [-0.2, -0.15) is 0 Å². The summed E-state index contributed by atoms with van der Waals surface area (Å²) in [4.78, 5) is 16.0. The van der Waals surface area contributed by atoms with Crippen LogP contribution in [0, 0.1) is 0 Å². The van der Waals surface area contributed by atoms with Crippen LogP contribution in [0.4, 0.5) is 10.5 Å². The van der Waals surface area contributed by atoms with Crippen molar-refractivity contribution < 1.29 is 9.90 Å². The number of anilines is 1. The summed E-state index contributed by atoms with van der Waals surface area (Å²) in [5.74, 6) is 0. The molecule has 0 atom stereocenters. The van der Waals surface area contributed by atoms with E-state index in [-0.39, 0.29) is 18.7 Å². The predicted octanol–water partition coefficient (Wildman–Crippen LogP) is 2.26. The number of hydrogen-bond donors (Lipinski definition) is 1. The summed E-state index contributed by atoms with van der Waals surface area (Å²) in [6.07, 6.45) is 1.61. The Hall–Kier alpha value is -1.55. The van der Waals surface area contributed by atoms with Crippen molar-refractivity contribution in [3.8, 4) is 0 Å². The number of nitrogens with zero attached hydrogens (tertiary/aromatic N) is 2. The van der Waals surface area contributed by atoms with E-state index in [0.29, 0.717) is 0 Å². The zero-order valence-corrected chi connectivity index (χ0v) is 11.7. The van der Waals surface area contributed by atoms with E-state index >= 15 is 0 Å². The molecule has 2 rings (SSSR count). The molecule has 4 heteroatoms. The van der Waals surface area contributed by atoms with Crippen molar-refractivity contribution in [2.75, 3.05) is 24.6 Å². The molecular weight excluding hydrogens is 240 g/mol. The number of carbonyl (C=O) groups is 1. The average Bonchev–Trinajstić information content (AvgIpc) is 2.78. The summed E-state index contributed by atoms with van der Waals surface area (Å²) < 4.78 is 0. The van der Waals surface area contributed by atoms with Gasteiger partial charge in [-0.3, -0.25) is 4.90 Å². The number of urea groups is 1. The SMILES string of the molecule is CC(C)N1CCN(c2cccc(CCCO)c2)C1=O. The van der Waals surface area contributed by atoms with Crippen molar-refractivity contribution >= 4 is 11.7 Å². The highest BCUT2D eigenvalue weighted by molar-refractivity contribution is 5.94. The lowest BCUT2D eigenvalue weighted by atomic mass is 10.1. The van der Waals surface area contributed by atoms with E-state index in [2.05, 4.69) is 6.07 Å². The van der Waals surface area contributed by atoms with E-state index in [9.17, 15) is 4.79 Å². The molecule has 0 spiro atoms. The molecule has 1 fully saturated rings. The first-order chi connectivity index (χ1) is 9.13. The summed E-state index contributed by atoms with van der Waals surface area (Å²) in [6, 6.07) is 8.39. The first-order valence-corrected chi connectivity index (χ1v) is 6.91. The molecule has 1 aromatic carbocycles. The zero-order chi connectivity index (χ0) is 13.8. The maximum atomic E-state index is 12.3. The molecule has 0 bridgehead atoms. The highest BCUT2D eigenvalue weighted by atomic mass is 16.3. The minimum Gasteiger partial charge on any atom is -0.396 e. The highest BCUT2D eigenvalue weighted by Crippen LogP contribution is 2.23. The standard InChI is InChI=1S/C15H22N2O2/c1-12(2)16-8-9-17(15(16)19)14-7-3-5-13(11-14)6-4-10-18/h3,5,7,11-12,18H,4,6,8-10H2,1-2H3. The minimum absolute atomic E-state index is 0.0920. The van der Waals surface area contributed by atoms with E-state index in [1.807, 2.05) is 41.8 Å². The molecule has 1 aliphatic heterocycles. The fourth-order valence-corrected chi connectivity index (χ4v) is 2.44. The van der Waals surface area contributed by atoms with Crippen LogP contribution in [0.1, 0.15) is 25.8 Å². The van der Waals surface area contributed by atoms with Gasteiger partial charge in [0.05, 0.1) is 0 Å². The smallest absolute Gasteiger partial charge is 0.324 e. The van der Waals surface area contributed by atoms with Crippen LogP contribution in [0.3, 0.4) is 0 Å². The fourth-order valence-electron chi connectivity index (χ4n) is 2.44. The number of benzene rings is 1. The summed E-state index contributed by atoms with van der Waals surface area (Å²) >= 11 is 0. The largest absolute Gasteiger partial charge is 0.396 e. The van der Waals surface area contributed by atoms with E-state index in [1.165, 1.54) is 5.56 Å². The van der Waals surface area contributed by atoms with Crippen LogP contribution < -0.4 is 4.90 Å². The van der Waals surface area contributed by atoms with Gasteiger partial charge >= 0.3 is 6.03 Å². The first kappa shape index (κ1) is 13.9.